The smallest absolute Gasteiger partial charge is 0.124 e. The van der Waals surface area contributed by atoms with Crippen molar-refractivity contribution in [3.05, 3.63) is 65.6 Å². The Hall–Kier alpha value is -2.42. The minimum atomic E-state index is -0.254. The van der Waals surface area contributed by atoms with Gasteiger partial charge in [-0.3, -0.25) is 4.98 Å². The monoisotopic (exact) mass is 266 g/mol. The van der Waals surface area contributed by atoms with Crippen LogP contribution in [0.3, 0.4) is 0 Å². The van der Waals surface area contributed by atoms with Crippen LogP contribution in [0.4, 0.5) is 15.8 Å². The molecule has 20 heavy (non-hydrogen) atoms. The second-order valence-electron chi connectivity index (χ2n) is 4.97. The Morgan fingerprint density at radius 2 is 1.85 bits per heavy atom. The fourth-order valence-corrected chi connectivity index (χ4v) is 2.31. The van der Waals surface area contributed by atoms with Crippen LogP contribution in [-0.4, -0.2) is 4.98 Å². The number of aryl methyl sites for hydroxylation is 2. The molecule has 1 heterocycles. The predicted octanol–water partition coefficient (Wildman–Crippen LogP) is 4.73. The molecule has 0 bridgehead atoms. The van der Waals surface area contributed by atoms with Gasteiger partial charge in [-0.25, -0.2) is 4.39 Å². The number of hydrogen-bond acceptors (Lipinski definition) is 2. The predicted molar refractivity (Wildman–Crippen MR) is 80.9 cm³/mol. The molecule has 0 unspecified atom stereocenters. The summed E-state index contributed by atoms with van der Waals surface area (Å²) in [5, 5.41) is 4.14. The van der Waals surface area contributed by atoms with Gasteiger partial charge < -0.3 is 5.32 Å². The van der Waals surface area contributed by atoms with E-state index in [0.717, 1.165) is 28.0 Å². The van der Waals surface area contributed by atoms with Crippen LogP contribution in [0.5, 0.6) is 0 Å². The number of fused-ring (bicyclic) bond motifs is 1. The Labute approximate surface area is 117 Å². The van der Waals surface area contributed by atoms with E-state index in [0.29, 0.717) is 0 Å². The Bertz CT molecular complexity index is 781. The molecule has 3 heteroatoms. The summed E-state index contributed by atoms with van der Waals surface area (Å²) < 4.78 is 13.5. The minimum Gasteiger partial charge on any atom is -0.355 e. The maximum absolute atomic E-state index is 13.5. The van der Waals surface area contributed by atoms with Crippen molar-refractivity contribution in [1.29, 1.82) is 0 Å². The lowest BCUT2D eigenvalue weighted by molar-refractivity contribution is 0.629. The lowest BCUT2D eigenvalue weighted by Gasteiger charge is -2.11. The molecule has 0 radical (unpaired) electrons. The first-order valence-corrected chi connectivity index (χ1v) is 6.52. The van der Waals surface area contributed by atoms with Crippen molar-refractivity contribution >= 4 is 22.3 Å². The average Bonchev–Trinajstić information content (AvgIpc) is 2.39. The van der Waals surface area contributed by atoms with Crippen LogP contribution < -0.4 is 5.32 Å². The van der Waals surface area contributed by atoms with Crippen molar-refractivity contribution in [3.8, 4) is 0 Å². The lowest BCUT2D eigenvalue weighted by Crippen LogP contribution is -1.95. The molecule has 1 N–H and O–H groups in total. The normalized spacial score (nSPS) is 10.8. The van der Waals surface area contributed by atoms with E-state index in [1.807, 2.05) is 38.1 Å². The molecule has 100 valence electrons. The number of anilines is 2. The molecule has 0 aliphatic rings. The minimum absolute atomic E-state index is 0.254. The second kappa shape index (κ2) is 4.93. The van der Waals surface area contributed by atoms with Gasteiger partial charge in [-0.1, -0.05) is 12.1 Å². The Balaban J connectivity index is 2.12. The summed E-state index contributed by atoms with van der Waals surface area (Å²) in [7, 11) is 0. The van der Waals surface area contributed by atoms with Crippen LogP contribution in [0.2, 0.25) is 0 Å². The molecular formula is C17H15FN2. The molecule has 0 amide bonds. The van der Waals surface area contributed by atoms with Gasteiger partial charge in [0.2, 0.25) is 0 Å². The number of benzene rings is 2. The van der Waals surface area contributed by atoms with Crippen LogP contribution in [0, 0.1) is 19.7 Å². The van der Waals surface area contributed by atoms with Gasteiger partial charge in [-0.2, -0.15) is 0 Å². The highest BCUT2D eigenvalue weighted by Gasteiger charge is 2.06. The molecule has 2 nitrogen and oxygen atoms in total. The summed E-state index contributed by atoms with van der Waals surface area (Å²) in [6, 6.07) is 14.7. The van der Waals surface area contributed by atoms with E-state index >= 15 is 0 Å². The van der Waals surface area contributed by atoms with Crippen molar-refractivity contribution < 1.29 is 4.39 Å². The third kappa shape index (κ3) is 2.48. The molecule has 0 aliphatic heterocycles. The van der Waals surface area contributed by atoms with Crippen molar-refractivity contribution in [1.82, 2.24) is 4.98 Å². The molecule has 2 aromatic carbocycles. The van der Waals surface area contributed by atoms with Gasteiger partial charge in [-0.15, -0.1) is 0 Å². The van der Waals surface area contributed by atoms with E-state index in [4.69, 9.17) is 0 Å². The van der Waals surface area contributed by atoms with E-state index in [2.05, 4.69) is 16.4 Å². The standard InChI is InChI=1S/C17H15FN2/c1-11-4-3-5-14(8-11)20-17-9-12(2)19-16-7-6-13(18)10-15(16)17/h3-10H,1-2H3,(H,19,20). The molecule has 3 aromatic rings. The second-order valence-corrected chi connectivity index (χ2v) is 4.97. The molecule has 0 fully saturated rings. The number of rotatable bonds is 2. The first-order chi connectivity index (χ1) is 9.61. The van der Waals surface area contributed by atoms with Crippen LogP contribution in [-0.2, 0) is 0 Å². The fraction of sp³-hybridized carbons (Fsp3) is 0.118. The van der Waals surface area contributed by atoms with Crippen molar-refractivity contribution in [2.75, 3.05) is 5.32 Å². The number of nitrogens with one attached hydrogen (secondary N) is 1. The van der Waals surface area contributed by atoms with Gasteiger partial charge >= 0.3 is 0 Å². The van der Waals surface area contributed by atoms with Crippen molar-refractivity contribution in [2.45, 2.75) is 13.8 Å². The van der Waals surface area contributed by atoms with Gasteiger partial charge in [0.15, 0.2) is 0 Å². The van der Waals surface area contributed by atoms with Gasteiger partial charge in [-0.05, 0) is 55.8 Å². The maximum atomic E-state index is 13.5. The van der Waals surface area contributed by atoms with E-state index < -0.39 is 0 Å². The van der Waals surface area contributed by atoms with E-state index in [1.54, 1.807) is 6.07 Å². The highest BCUT2D eigenvalue weighted by atomic mass is 19.1. The molecule has 0 saturated heterocycles. The molecule has 0 saturated carbocycles. The van der Waals surface area contributed by atoms with Gasteiger partial charge in [0.25, 0.3) is 0 Å². The molecule has 0 aliphatic carbocycles. The first kappa shape index (κ1) is 12.6. The zero-order chi connectivity index (χ0) is 14.1. The summed E-state index contributed by atoms with van der Waals surface area (Å²) in [6.45, 7) is 3.98. The molecule has 1 aromatic heterocycles. The summed E-state index contributed by atoms with van der Waals surface area (Å²) >= 11 is 0. The highest BCUT2D eigenvalue weighted by Crippen LogP contribution is 2.27. The van der Waals surface area contributed by atoms with E-state index in [1.165, 1.54) is 17.7 Å². The van der Waals surface area contributed by atoms with Gasteiger partial charge in [0, 0.05) is 22.5 Å². The quantitative estimate of drug-likeness (QED) is 0.725. The van der Waals surface area contributed by atoms with E-state index in [-0.39, 0.29) is 5.82 Å². The van der Waals surface area contributed by atoms with Crippen LogP contribution >= 0.6 is 0 Å². The SMILES string of the molecule is Cc1cccc(Nc2cc(C)nc3ccc(F)cc23)c1. The van der Waals surface area contributed by atoms with Gasteiger partial charge in [0.1, 0.15) is 5.82 Å². The highest BCUT2D eigenvalue weighted by molar-refractivity contribution is 5.93. The summed E-state index contributed by atoms with van der Waals surface area (Å²) in [4.78, 5) is 4.43. The van der Waals surface area contributed by atoms with E-state index in [9.17, 15) is 4.39 Å². The molecule has 0 spiro atoms. The number of hydrogen-bond donors (Lipinski definition) is 1. The molecule has 3 rings (SSSR count). The van der Waals surface area contributed by atoms with Crippen LogP contribution in [0.25, 0.3) is 10.9 Å². The first-order valence-electron chi connectivity index (χ1n) is 6.52. The van der Waals surface area contributed by atoms with Crippen molar-refractivity contribution in [2.24, 2.45) is 0 Å². The zero-order valence-electron chi connectivity index (χ0n) is 11.4. The Kier molecular flexibility index (Phi) is 3.11. The Morgan fingerprint density at radius 3 is 2.65 bits per heavy atom. The van der Waals surface area contributed by atoms with Gasteiger partial charge in [0.05, 0.1) is 5.52 Å². The summed E-state index contributed by atoms with van der Waals surface area (Å²) in [5.74, 6) is -0.254. The third-order valence-corrected chi connectivity index (χ3v) is 3.20. The maximum Gasteiger partial charge on any atom is 0.124 e. The Morgan fingerprint density at radius 1 is 1.00 bits per heavy atom. The number of aromatic nitrogens is 1. The molecular weight excluding hydrogens is 251 g/mol. The number of halogens is 1. The number of pyridine rings is 1. The van der Waals surface area contributed by atoms with Crippen LogP contribution in [0.1, 0.15) is 11.3 Å². The van der Waals surface area contributed by atoms with Crippen molar-refractivity contribution in [3.63, 3.8) is 0 Å². The average molecular weight is 266 g/mol. The third-order valence-electron chi connectivity index (χ3n) is 3.20. The largest absolute Gasteiger partial charge is 0.355 e. The van der Waals surface area contributed by atoms with Crippen LogP contribution in [0.15, 0.2) is 48.5 Å². The fourth-order valence-electron chi connectivity index (χ4n) is 2.31. The molecule has 0 atom stereocenters. The number of nitrogens with zero attached hydrogens (tertiary/aromatic N) is 1. The zero-order valence-corrected chi connectivity index (χ0v) is 11.4. The summed E-state index contributed by atoms with van der Waals surface area (Å²) in [5.41, 5.74) is 4.73. The lowest BCUT2D eigenvalue weighted by atomic mass is 10.1. The summed E-state index contributed by atoms with van der Waals surface area (Å²) in [6.07, 6.45) is 0. The topological polar surface area (TPSA) is 24.9 Å².